The molecule has 3 rings (SSSR count). The average molecular weight is 311 g/mol. The molecule has 0 saturated heterocycles. The fourth-order valence-corrected chi connectivity index (χ4v) is 2.47. The number of fused-ring (bicyclic) bond motifs is 1. The summed E-state index contributed by atoms with van der Waals surface area (Å²) in [6.45, 7) is 6.12. The molecule has 0 radical (unpaired) electrons. The van der Waals surface area contributed by atoms with Crippen molar-refractivity contribution in [1.82, 2.24) is 24.8 Å². The number of imidazole rings is 2. The van der Waals surface area contributed by atoms with Crippen LogP contribution in [0.2, 0.25) is 0 Å². The van der Waals surface area contributed by atoms with Crippen molar-refractivity contribution in [2.75, 3.05) is 0 Å². The van der Waals surface area contributed by atoms with Gasteiger partial charge in [-0.05, 0) is 32.4 Å². The fourth-order valence-electron chi connectivity index (χ4n) is 2.47. The minimum Gasteiger partial charge on any atom is -0.341 e. The van der Waals surface area contributed by atoms with Gasteiger partial charge in [0.05, 0.1) is 23.4 Å². The van der Waals surface area contributed by atoms with Gasteiger partial charge in [0.2, 0.25) is 0 Å². The van der Waals surface area contributed by atoms with E-state index in [1.54, 1.807) is 12.5 Å². The lowest BCUT2D eigenvalue weighted by atomic mass is 10.2. The van der Waals surface area contributed by atoms with Crippen LogP contribution in [-0.2, 0) is 0 Å². The van der Waals surface area contributed by atoms with Crippen LogP contribution in [0.3, 0.4) is 0 Å². The van der Waals surface area contributed by atoms with E-state index in [0.717, 1.165) is 23.3 Å². The molecule has 6 heteroatoms. The van der Waals surface area contributed by atoms with E-state index < -0.39 is 0 Å². The first-order valence-corrected chi connectivity index (χ1v) is 7.87. The first kappa shape index (κ1) is 15.3. The molecule has 120 valence electrons. The number of nitrogens with zero attached hydrogens (tertiary/aromatic N) is 3. The Bertz CT molecular complexity index is 784. The lowest BCUT2D eigenvalue weighted by molar-refractivity contribution is 0.0929. The van der Waals surface area contributed by atoms with E-state index in [1.165, 1.54) is 0 Å². The first-order chi connectivity index (χ1) is 11.1. The number of hydrogen-bond acceptors (Lipinski definition) is 3. The SMILES string of the molecule is CC[C@H](NC(=O)c1cn(C(C)C)cn1)c1nc2ccccc2[nH]1. The number of H-pyrrole nitrogens is 1. The van der Waals surface area contributed by atoms with Crippen LogP contribution in [0, 0.1) is 0 Å². The summed E-state index contributed by atoms with van der Waals surface area (Å²) in [5.74, 6) is 0.585. The maximum atomic E-state index is 12.4. The number of benzene rings is 1. The zero-order valence-corrected chi connectivity index (χ0v) is 13.6. The summed E-state index contributed by atoms with van der Waals surface area (Å²) < 4.78 is 1.91. The quantitative estimate of drug-likeness (QED) is 0.759. The number of aromatic amines is 1. The number of carbonyl (C=O) groups is 1. The lowest BCUT2D eigenvalue weighted by Gasteiger charge is -2.13. The van der Waals surface area contributed by atoms with E-state index in [-0.39, 0.29) is 18.0 Å². The van der Waals surface area contributed by atoms with Gasteiger partial charge in [0.15, 0.2) is 0 Å². The van der Waals surface area contributed by atoms with Crippen molar-refractivity contribution in [3.05, 3.63) is 48.3 Å². The summed E-state index contributed by atoms with van der Waals surface area (Å²) in [5.41, 5.74) is 2.30. The molecular weight excluding hydrogens is 290 g/mol. The Balaban J connectivity index is 1.79. The normalized spacial score (nSPS) is 12.7. The van der Waals surface area contributed by atoms with E-state index in [2.05, 4.69) is 20.3 Å². The van der Waals surface area contributed by atoms with Gasteiger partial charge < -0.3 is 14.9 Å². The smallest absolute Gasteiger partial charge is 0.272 e. The molecule has 1 aromatic carbocycles. The molecule has 2 N–H and O–H groups in total. The molecule has 0 bridgehead atoms. The molecule has 0 saturated carbocycles. The van der Waals surface area contributed by atoms with E-state index in [1.807, 2.05) is 49.6 Å². The van der Waals surface area contributed by atoms with Gasteiger partial charge in [0, 0.05) is 12.2 Å². The second kappa shape index (κ2) is 6.24. The zero-order valence-electron chi connectivity index (χ0n) is 13.6. The third-order valence-electron chi connectivity index (χ3n) is 3.88. The topological polar surface area (TPSA) is 75.6 Å². The molecule has 0 fully saturated rings. The zero-order chi connectivity index (χ0) is 16.4. The van der Waals surface area contributed by atoms with Crippen molar-refractivity contribution in [1.29, 1.82) is 0 Å². The van der Waals surface area contributed by atoms with E-state index >= 15 is 0 Å². The first-order valence-electron chi connectivity index (χ1n) is 7.87. The largest absolute Gasteiger partial charge is 0.341 e. The monoisotopic (exact) mass is 311 g/mol. The molecule has 3 aromatic rings. The third-order valence-corrected chi connectivity index (χ3v) is 3.88. The Labute approximate surface area is 135 Å². The van der Waals surface area contributed by atoms with Crippen molar-refractivity contribution in [3.63, 3.8) is 0 Å². The molecule has 0 spiro atoms. The number of nitrogens with one attached hydrogen (secondary N) is 2. The van der Waals surface area contributed by atoms with E-state index in [4.69, 9.17) is 0 Å². The van der Waals surface area contributed by atoms with Crippen molar-refractivity contribution in [3.8, 4) is 0 Å². The molecule has 0 aliphatic rings. The van der Waals surface area contributed by atoms with E-state index in [0.29, 0.717) is 5.69 Å². The van der Waals surface area contributed by atoms with Gasteiger partial charge in [-0.3, -0.25) is 4.79 Å². The van der Waals surface area contributed by atoms with Crippen molar-refractivity contribution < 1.29 is 4.79 Å². The lowest BCUT2D eigenvalue weighted by Crippen LogP contribution is -2.29. The summed E-state index contributed by atoms with van der Waals surface area (Å²) >= 11 is 0. The Morgan fingerprint density at radius 1 is 1.35 bits per heavy atom. The van der Waals surface area contributed by atoms with Gasteiger partial charge in [0.25, 0.3) is 5.91 Å². The summed E-state index contributed by atoms with van der Waals surface area (Å²) in [4.78, 5) is 24.4. The van der Waals surface area contributed by atoms with Gasteiger partial charge in [0.1, 0.15) is 11.5 Å². The van der Waals surface area contributed by atoms with Crippen LogP contribution in [0.1, 0.15) is 55.6 Å². The standard InChI is InChI=1S/C17H21N5O/c1-4-12(16-19-13-7-5-6-8-14(13)20-16)21-17(23)15-9-22(10-18-15)11(2)3/h5-12H,4H2,1-3H3,(H,19,20)(H,21,23)/t12-/m0/s1. The Morgan fingerprint density at radius 2 is 2.13 bits per heavy atom. The summed E-state index contributed by atoms with van der Waals surface area (Å²) in [6.07, 6.45) is 4.20. The number of carbonyl (C=O) groups excluding carboxylic acids is 1. The highest BCUT2D eigenvalue weighted by Gasteiger charge is 2.19. The molecule has 1 amide bonds. The maximum absolute atomic E-state index is 12.4. The summed E-state index contributed by atoms with van der Waals surface area (Å²) in [6, 6.07) is 7.95. The Hall–Kier alpha value is -2.63. The van der Waals surface area contributed by atoms with Crippen LogP contribution in [0.25, 0.3) is 11.0 Å². The minimum absolute atomic E-state index is 0.167. The van der Waals surface area contributed by atoms with Gasteiger partial charge in [-0.25, -0.2) is 9.97 Å². The molecule has 2 heterocycles. The summed E-state index contributed by atoms with van der Waals surface area (Å²) in [7, 11) is 0. The Morgan fingerprint density at radius 3 is 2.78 bits per heavy atom. The highest BCUT2D eigenvalue weighted by molar-refractivity contribution is 5.92. The van der Waals surface area contributed by atoms with Gasteiger partial charge >= 0.3 is 0 Å². The third kappa shape index (κ3) is 3.11. The van der Waals surface area contributed by atoms with Crippen LogP contribution in [0.5, 0.6) is 0 Å². The van der Waals surface area contributed by atoms with Gasteiger partial charge in [-0.15, -0.1) is 0 Å². The number of rotatable bonds is 5. The average Bonchev–Trinajstić information content (AvgIpc) is 3.18. The molecule has 0 unspecified atom stereocenters. The predicted molar refractivity (Wildman–Crippen MR) is 89.2 cm³/mol. The second-order valence-corrected chi connectivity index (χ2v) is 5.87. The highest BCUT2D eigenvalue weighted by atomic mass is 16.2. The fraction of sp³-hybridized carbons (Fsp3) is 0.353. The second-order valence-electron chi connectivity index (χ2n) is 5.87. The highest BCUT2D eigenvalue weighted by Crippen LogP contribution is 2.18. The van der Waals surface area contributed by atoms with Crippen molar-refractivity contribution in [2.24, 2.45) is 0 Å². The molecule has 1 atom stereocenters. The molecule has 6 nitrogen and oxygen atoms in total. The predicted octanol–water partition coefficient (Wildman–Crippen LogP) is 3.22. The number of para-hydroxylation sites is 2. The summed E-state index contributed by atoms with van der Waals surface area (Å²) in [5, 5.41) is 3.00. The molecule has 0 aliphatic heterocycles. The van der Waals surface area contributed by atoms with Crippen molar-refractivity contribution >= 4 is 16.9 Å². The Kier molecular flexibility index (Phi) is 4.14. The minimum atomic E-state index is -0.184. The van der Waals surface area contributed by atoms with Gasteiger partial charge in [-0.1, -0.05) is 19.1 Å². The van der Waals surface area contributed by atoms with Gasteiger partial charge in [-0.2, -0.15) is 0 Å². The number of aromatic nitrogens is 4. The van der Waals surface area contributed by atoms with Crippen LogP contribution in [-0.4, -0.2) is 25.4 Å². The molecule has 23 heavy (non-hydrogen) atoms. The van der Waals surface area contributed by atoms with Crippen LogP contribution in [0.15, 0.2) is 36.8 Å². The number of amides is 1. The molecule has 0 aliphatic carbocycles. The number of hydrogen-bond donors (Lipinski definition) is 2. The van der Waals surface area contributed by atoms with Crippen LogP contribution in [0.4, 0.5) is 0 Å². The maximum Gasteiger partial charge on any atom is 0.272 e. The van der Waals surface area contributed by atoms with Crippen LogP contribution < -0.4 is 5.32 Å². The van der Waals surface area contributed by atoms with Crippen molar-refractivity contribution in [2.45, 2.75) is 39.3 Å². The molecule has 2 aromatic heterocycles. The van der Waals surface area contributed by atoms with E-state index in [9.17, 15) is 4.79 Å². The molecular formula is C17H21N5O. The van der Waals surface area contributed by atoms with Crippen LogP contribution >= 0.6 is 0 Å².